The Kier molecular flexibility index (Phi) is 10.2. The molecule has 0 saturated carbocycles. The number of amides is 3. The average molecular weight is 543 g/mol. The van der Waals surface area contributed by atoms with Gasteiger partial charge in [-0.1, -0.05) is 48.5 Å². The first kappa shape index (κ1) is 28.3. The number of likely N-dealkylation sites (N-methyl/N-ethyl adjacent to an activating group) is 1. The number of anilines is 1. The van der Waals surface area contributed by atoms with Crippen LogP contribution in [0.5, 0.6) is 0 Å². The van der Waals surface area contributed by atoms with Gasteiger partial charge in [-0.3, -0.25) is 19.3 Å². The van der Waals surface area contributed by atoms with Crippen molar-refractivity contribution in [3.05, 3.63) is 65.7 Å². The Hall–Kier alpha value is -3.31. The van der Waals surface area contributed by atoms with Crippen LogP contribution < -0.4 is 10.2 Å². The maximum absolute atomic E-state index is 13.9. The van der Waals surface area contributed by atoms with E-state index in [-0.39, 0.29) is 18.7 Å². The summed E-state index contributed by atoms with van der Waals surface area (Å²) in [7, 11) is 1.50. The van der Waals surface area contributed by atoms with Gasteiger partial charge in [0.05, 0.1) is 11.4 Å². The van der Waals surface area contributed by atoms with E-state index in [4.69, 9.17) is 4.99 Å². The minimum absolute atomic E-state index is 0.114. The number of thioether (sulfide) groups is 1. The van der Waals surface area contributed by atoms with E-state index in [2.05, 4.69) is 17.9 Å². The van der Waals surface area contributed by atoms with Crippen molar-refractivity contribution >= 4 is 59.5 Å². The van der Waals surface area contributed by atoms with Crippen LogP contribution in [0.25, 0.3) is 0 Å². The number of fused-ring (bicyclic) bond motifs is 1. The molecule has 9 nitrogen and oxygen atoms in total. The first-order valence-corrected chi connectivity index (χ1v) is 13.7. The molecule has 0 spiro atoms. The van der Waals surface area contributed by atoms with Gasteiger partial charge < -0.3 is 15.3 Å². The number of carbonyl (C=O) groups is 4. The van der Waals surface area contributed by atoms with E-state index < -0.39 is 36.5 Å². The molecule has 0 bridgehead atoms. The minimum Gasteiger partial charge on any atom is -0.480 e. The predicted octanol–water partition coefficient (Wildman–Crippen LogP) is 2.30. The van der Waals surface area contributed by atoms with Gasteiger partial charge in [0.1, 0.15) is 12.6 Å². The number of thiol groups is 1. The van der Waals surface area contributed by atoms with Crippen LogP contribution in [0.2, 0.25) is 0 Å². The second-order valence-corrected chi connectivity index (χ2v) is 9.81. The fourth-order valence-corrected chi connectivity index (χ4v) is 4.60. The normalized spacial score (nSPS) is 15.8. The van der Waals surface area contributed by atoms with Crippen LogP contribution in [0, 0.1) is 0 Å². The molecule has 0 radical (unpaired) electrons. The van der Waals surface area contributed by atoms with E-state index in [1.807, 2.05) is 36.6 Å². The van der Waals surface area contributed by atoms with Crippen molar-refractivity contribution in [2.75, 3.05) is 36.3 Å². The molecule has 0 aromatic heterocycles. The number of nitrogens with one attached hydrogen (secondary N) is 1. The lowest BCUT2D eigenvalue weighted by atomic mass is 10.0. The highest BCUT2D eigenvalue weighted by molar-refractivity contribution is 7.98. The molecule has 196 valence electrons. The van der Waals surface area contributed by atoms with Crippen molar-refractivity contribution < 1.29 is 24.3 Å². The molecular formula is C26H30N4O5S2. The number of rotatable bonds is 11. The Labute approximate surface area is 225 Å². The standard InChI is InChI=1S/C26H30N4O5S2/c1-29(22(32)12-14-36)24-25(33)30(16-21(31)27-19(26(34)35)13-15-37-2)20-11-7-6-10-18(20)23(28-24)17-8-4-3-5-9-17/h3-11,19,24,36H,12-16H2,1-2H3,(H,27,31)(H,34,35)/t19-,24?/m0/s1. The summed E-state index contributed by atoms with van der Waals surface area (Å²) in [6, 6.07) is 15.3. The summed E-state index contributed by atoms with van der Waals surface area (Å²) < 4.78 is 0. The second kappa shape index (κ2) is 13.3. The topological polar surface area (TPSA) is 119 Å². The highest BCUT2D eigenvalue weighted by Gasteiger charge is 2.37. The number of aliphatic carboxylic acids is 1. The number of benzene rings is 2. The lowest BCUT2D eigenvalue weighted by Crippen LogP contribution is -2.52. The maximum Gasteiger partial charge on any atom is 0.326 e. The third-order valence-electron chi connectivity index (χ3n) is 5.87. The van der Waals surface area contributed by atoms with E-state index >= 15 is 0 Å². The Morgan fingerprint density at radius 2 is 1.84 bits per heavy atom. The average Bonchev–Trinajstić information content (AvgIpc) is 3.01. The zero-order chi connectivity index (χ0) is 26.9. The van der Waals surface area contributed by atoms with Crippen LogP contribution in [0.3, 0.4) is 0 Å². The van der Waals surface area contributed by atoms with E-state index in [1.165, 1.54) is 28.6 Å². The maximum atomic E-state index is 13.9. The number of aliphatic imine (C=N–C) groups is 1. The number of nitrogens with zero attached hydrogens (tertiary/aromatic N) is 3. The van der Waals surface area contributed by atoms with Crippen LogP contribution in [0.4, 0.5) is 5.69 Å². The van der Waals surface area contributed by atoms with E-state index in [0.717, 1.165) is 5.56 Å². The molecule has 1 aliphatic rings. The SMILES string of the molecule is CSCC[C@H](NC(=O)CN1C(=O)C(N(C)C(=O)CCS)N=C(c2ccccc2)c2ccccc21)C(=O)O. The molecule has 0 saturated heterocycles. The molecule has 0 fully saturated rings. The molecule has 2 aromatic rings. The highest BCUT2D eigenvalue weighted by atomic mass is 32.2. The first-order chi connectivity index (χ1) is 17.8. The Morgan fingerprint density at radius 3 is 2.49 bits per heavy atom. The molecule has 1 aliphatic heterocycles. The van der Waals surface area contributed by atoms with Gasteiger partial charge in [0, 0.05) is 24.6 Å². The second-order valence-electron chi connectivity index (χ2n) is 8.38. The van der Waals surface area contributed by atoms with Gasteiger partial charge in [-0.25, -0.2) is 9.79 Å². The summed E-state index contributed by atoms with van der Waals surface area (Å²) in [6.45, 7) is -0.429. The summed E-state index contributed by atoms with van der Waals surface area (Å²) in [5.41, 5.74) is 2.31. The number of para-hydroxylation sites is 1. The van der Waals surface area contributed by atoms with E-state index in [0.29, 0.717) is 28.5 Å². The van der Waals surface area contributed by atoms with Gasteiger partial charge in [0.2, 0.25) is 18.0 Å². The van der Waals surface area contributed by atoms with Crippen molar-refractivity contribution in [3.63, 3.8) is 0 Å². The summed E-state index contributed by atoms with van der Waals surface area (Å²) >= 11 is 5.61. The minimum atomic E-state index is -1.23. The van der Waals surface area contributed by atoms with Crippen molar-refractivity contribution in [1.82, 2.24) is 10.2 Å². The third kappa shape index (κ3) is 6.92. The van der Waals surface area contributed by atoms with Crippen molar-refractivity contribution in [3.8, 4) is 0 Å². The molecular weight excluding hydrogens is 512 g/mol. The highest BCUT2D eigenvalue weighted by Crippen LogP contribution is 2.29. The molecule has 2 atom stereocenters. The van der Waals surface area contributed by atoms with Crippen molar-refractivity contribution in [1.29, 1.82) is 0 Å². The van der Waals surface area contributed by atoms with Gasteiger partial charge in [0.25, 0.3) is 5.91 Å². The Balaban J connectivity index is 2.05. The number of carbonyl (C=O) groups excluding carboxylic acids is 3. The molecule has 0 aliphatic carbocycles. The Morgan fingerprint density at radius 1 is 1.16 bits per heavy atom. The molecule has 37 heavy (non-hydrogen) atoms. The summed E-state index contributed by atoms with van der Waals surface area (Å²) in [5, 5.41) is 12.0. The number of benzodiazepines with no additional fused rings is 1. The zero-order valence-electron chi connectivity index (χ0n) is 20.7. The van der Waals surface area contributed by atoms with Crippen molar-refractivity contribution in [2.45, 2.75) is 25.0 Å². The fraction of sp³-hybridized carbons (Fsp3) is 0.346. The van der Waals surface area contributed by atoms with E-state index in [9.17, 15) is 24.3 Å². The molecule has 3 rings (SSSR count). The summed E-state index contributed by atoms with van der Waals surface area (Å²) in [4.78, 5) is 58.6. The summed E-state index contributed by atoms with van der Waals surface area (Å²) in [6.07, 6.45) is 0.985. The van der Waals surface area contributed by atoms with Crippen LogP contribution >= 0.6 is 24.4 Å². The fourth-order valence-electron chi connectivity index (χ4n) is 3.94. The van der Waals surface area contributed by atoms with Crippen LogP contribution in [-0.4, -0.2) is 83.0 Å². The molecule has 2 aromatic carbocycles. The van der Waals surface area contributed by atoms with Crippen LogP contribution in [0.15, 0.2) is 59.6 Å². The number of carboxylic acids is 1. The monoisotopic (exact) mass is 542 g/mol. The van der Waals surface area contributed by atoms with E-state index in [1.54, 1.807) is 24.3 Å². The lowest BCUT2D eigenvalue weighted by molar-refractivity contribution is -0.141. The van der Waals surface area contributed by atoms with Gasteiger partial charge in [-0.2, -0.15) is 24.4 Å². The first-order valence-electron chi connectivity index (χ1n) is 11.7. The summed E-state index contributed by atoms with van der Waals surface area (Å²) in [5.74, 6) is -1.80. The molecule has 1 heterocycles. The van der Waals surface area contributed by atoms with Crippen LogP contribution in [-0.2, 0) is 19.2 Å². The molecule has 1 unspecified atom stereocenters. The smallest absolute Gasteiger partial charge is 0.326 e. The zero-order valence-corrected chi connectivity index (χ0v) is 22.4. The van der Waals surface area contributed by atoms with Gasteiger partial charge in [-0.05, 0) is 30.2 Å². The lowest BCUT2D eigenvalue weighted by Gasteiger charge is -2.29. The Bertz CT molecular complexity index is 1170. The van der Waals surface area contributed by atoms with Crippen LogP contribution in [0.1, 0.15) is 24.0 Å². The largest absolute Gasteiger partial charge is 0.480 e. The quantitative estimate of drug-likeness (QED) is 0.375. The molecule has 2 N–H and O–H groups in total. The number of hydrogen-bond donors (Lipinski definition) is 3. The molecule has 11 heteroatoms. The number of hydrogen-bond acceptors (Lipinski definition) is 7. The van der Waals surface area contributed by atoms with Gasteiger partial charge in [0.15, 0.2) is 0 Å². The van der Waals surface area contributed by atoms with Gasteiger partial charge in [-0.15, -0.1) is 0 Å². The predicted molar refractivity (Wildman–Crippen MR) is 148 cm³/mol. The van der Waals surface area contributed by atoms with Crippen molar-refractivity contribution in [2.24, 2.45) is 4.99 Å². The third-order valence-corrected chi connectivity index (χ3v) is 6.73. The van der Waals surface area contributed by atoms with Gasteiger partial charge >= 0.3 is 5.97 Å². The number of carboxylic acid groups (broad SMARTS) is 1. The molecule has 3 amide bonds.